The molecule has 4 nitrogen and oxygen atoms in total. The van der Waals surface area contributed by atoms with E-state index in [9.17, 15) is 9.18 Å². The smallest absolute Gasteiger partial charge is 0.248 e. The number of aliphatic hydroxyl groups excluding tert-OH is 1. The summed E-state index contributed by atoms with van der Waals surface area (Å²) in [5.74, 6) is -0.591. The van der Waals surface area contributed by atoms with Crippen LogP contribution in [0.25, 0.3) is 0 Å². The molecule has 0 aliphatic carbocycles. The van der Waals surface area contributed by atoms with E-state index < -0.39 is 12.4 Å². The topological polar surface area (TPSA) is 49.8 Å². The Morgan fingerprint density at radius 3 is 3.12 bits per heavy atom. The van der Waals surface area contributed by atoms with E-state index in [1.165, 1.54) is 11.0 Å². The van der Waals surface area contributed by atoms with Crippen molar-refractivity contribution in [2.45, 2.75) is 6.54 Å². The maximum absolute atomic E-state index is 13.4. The zero-order valence-corrected chi connectivity index (χ0v) is 8.65. The highest BCUT2D eigenvalue weighted by Crippen LogP contribution is 2.26. The third kappa shape index (κ3) is 1.99. The lowest BCUT2D eigenvalue weighted by molar-refractivity contribution is -0.134. The summed E-state index contributed by atoms with van der Waals surface area (Å²) in [4.78, 5) is 12.8. The number of carbonyl (C=O) groups excluding carboxylic acids is 1. The summed E-state index contributed by atoms with van der Waals surface area (Å²) in [5, 5.41) is 8.78. The van der Waals surface area contributed by atoms with E-state index in [2.05, 4.69) is 0 Å². The zero-order chi connectivity index (χ0) is 11.5. The van der Waals surface area contributed by atoms with Gasteiger partial charge in [-0.1, -0.05) is 12.1 Å². The van der Waals surface area contributed by atoms with Crippen molar-refractivity contribution in [1.82, 2.24) is 4.90 Å². The molecule has 16 heavy (non-hydrogen) atoms. The predicted octanol–water partition coefficient (Wildman–Crippen LogP) is 0.539. The Hall–Kier alpha value is -1.62. The molecule has 1 aromatic carbocycles. The van der Waals surface area contributed by atoms with Crippen LogP contribution in [0.3, 0.4) is 0 Å². The third-order valence-corrected chi connectivity index (χ3v) is 2.51. The number of aliphatic hydroxyl groups is 1. The molecule has 0 fully saturated rings. The minimum absolute atomic E-state index is 0.204. The van der Waals surface area contributed by atoms with Gasteiger partial charge in [0.05, 0.1) is 6.54 Å². The van der Waals surface area contributed by atoms with Gasteiger partial charge < -0.3 is 14.7 Å². The number of para-hydroxylation sites is 1. The van der Waals surface area contributed by atoms with Crippen molar-refractivity contribution in [3.05, 3.63) is 29.6 Å². The van der Waals surface area contributed by atoms with Gasteiger partial charge in [0.25, 0.3) is 0 Å². The lowest BCUT2D eigenvalue weighted by Gasteiger charge is -2.18. The van der Waals surface area contributed by atoms with Gasteiger partial charge in [0, 0.05) is 12.1 Å². The average Bonchev–Trinajstić information content (AvgIpc) is 2.51. The Bertz CT molecular complexity index is 408. The summed E-state index contributed by atoms with van der Waals surface area (Å²) in [6.07, 6.45) is 0. The Morgan fingerprint density at radius 2 is 2.38 bits per heavy atom. The van der Waals surface area contributed by atoms with E-state index >= 15 is 0 Å². The molecule has 1 N–H and O–H groups in total. The second-order valence-corrected chi connectivity index (χ2v) is 3.55. The molecule has 0 saturated heterocycles. The fourth-order valence-electron chi connectivity index (χ4n) is 1.70. The molecule has 1 heterocycles. The number of fused-ring (bicyclic) bond motifs is 1. The van der Waals surface area contributed by atoms with Crippen LogP contribution in [-0.2, 0) is 11.3 Å². The van der Waals surface area contributed by atoms with E-state index in [1.54, 1.807) is 12.1 Å². The van der Waals surface area contributed by atoms with Crippen LogP contribution in [0.15, 0.2) is 18.2 Å². The van der Waals surface area contributed by atoms with Crippen molar-refractivity contribution in [3.63, 3.8) is 0 Å². The molecule has 2 rings (SSSR count). The van der Waals surface area contributed by atoms with Gasteiger partial charge in [-0.15, -0.1) is 0 Å². The summed E-state index contributed by atoms with van der Waals surface area (Å²) in [5.41, 5.74) is 0.624. The Balaban J connectivity index is 2.28. The minimum Gasteiger partial charge on any atom is -0.488 e. The Kier molecular flexibility index (Phi) is 3.05. The second-order valence-electron chi connectivity index (χ2n) is 3.55. The van der Waals surface area contributed by atoms with E-state index in [1.807, 2.05) is 0 Å². The van der Waals surface area contributed by atoms with Crippen molar-refractivity contribution in [1.29, 1.82) is 0 Å². The van der Waals surface area contributed by atoms with Crippen molar-refractivity contribution in [2.75, 3.05) is 19.8 Å². The fourth-order valence-corrected chi connectivity index (χ4v) is 1.70. The van der Waals surface area contributed by atoms with Crippen LogP contribution in [0.1, 0.15) is 5.56 Å². The van der Waals surface area contributed by atoms with Crippen LogP contribution in [0.4, 0.5) is 4.39 Å². The van der Waals surface area contributed by atoms with Crippen LogP contribution >= 0.6 is 0 Å². The van der Waals surface area contributed by atoms with Gasteiger partial charge in [0.15, 0.2) is 11.6 Å². The molecule has 0 aromatic heterocycles. The van der Waals surface area contributed by atoms with Gasteiger partial charge in [-0.05, 0) is 6.07 Å². The summed E-state index contributed by atoms with van der Waals surface area (Å²) < 4.78 is 18.6. The highest BCUT2D eigenvalue weighted by molar-refractivity contribution is 5.77. The molecule has 0 atom stereocenters. The van der Waals surface area contributed by atoms with Gasteiger partial charge in [-0.3, -0.25) is 4.79 Å². The molecule has 1 aromatic rings. The van der Waals surface area contributed by atoms with E-state index in [4.69, 9.17) is 9.84 Å². The van der Waals surface area contributed by atoms with Crippen LogP contribution < -0.4 is 4.74 Å². The number of rotatable bonds is 1. The Labute approximate surface area is 92.2 Å². The SMILES string of the molecule is O=C(CO)N1CCOc2c(F)cccc2C1. The molecule has 0 bridgehead atoms. The van der Waals surface area contributed by atoms with Gasteiger partial charge in [-0.2, -0.15) is 0 Å². The van der Waals surface area contributed by atoms with Gasteiger partial charge in [0.2, 0.25) is 5.91 Å². The number of benzene rings is 1. The second kappa shape index (κ2) is 4.49. The van der Waals surface area contributed by atoms with Crippen molar-refractivity contribution >= 4 is 5.91 Å². The molecule has 0 saturated carbocycles. The van der Waals surface area contributed by atoms with Crippen molar-refractivity contribution in [2.24, 2.45) is 0 Å². The predicted molar refractivity (Wildman–Crippen MR) is 54.4 cm³/mol. The summed E-state index contributed by atoms with van der Waals surface area (Å²) in [7, 11) is 0. The molecule has 1 aliphatic heterocycles. The number of halogens is 1. The molecule has 0 unspecified atom stereocenters. The standard InChI is InChI=1S/C11H12FNO3/c12-9-3-1-2-8-6-13(10(15)7-14)4-5-16-11(8)9/h1-3,14H,4-7H2. The molecule has 0 spiro atoms. The number of amides is 1. The summed E-state index contributed by atoms with van der Waals surface area (Å²) in [6, 6.07) is 4.61. The first kappa shape index (κ1) is 10.9. The largest absolute Gasteiger partial charge is 0.488 e. The molecule has 1 amide bonds. The number of ether oxygens (including phenoxy) is 1. The van der Waals surface area contributed by atoms with Gasteiger partial charge >= 0.3 is 0 Å². The molecule has 0 radical (unpaired) electrons. The molecular weight excluding hydrogens is 213 g/mol. The monoisotopic (exact) mass is 225 g/mol. The quantitative estimate of drug-likeness (QED) is 0.758. The number of nitrogens with zero attached hydrogens (tertiary/aromatic N) is 1. The highest BCUT2D eigenvalue weighted by atomic mass is 19.1. The van der Waals surface area contributed by atoms with E-state index in [0.29, 0.717) is 12.1 Å². The lowest BCUT2D eigenvalue weighted by Crippen LogP contribution is -2.34. The maximum Gasteiger partial charge on any atom is 0.248 e. The van der Waals surface area contributed by atoms with Crippen LogP contribution in [0, 0.1) is 5.82 Å². The normalized spacial score (nSPS) is 15.0. The molecule has 86 valence electrons. The van der Waals surface area contributed by atoms with Crippen molar-refractivity contribution < 1.29 is 19.0 Å². The Morgan fingerprint density at radius 1 is 1.56 bits per heavy atom. The van der Waals surface area contributed by atoms with E-state index in [0.717, 1.165) is 0 Å². The first-order chi connectivity index (χ1) is 7.72. The van der Waals surface area contributed by atoms with Crippen molar-refractivity contribution in [3.8, 4) is 5.75 Å². The molecular formula is C11H12FNO3. The van der Waals surface area contributed by atoms with Gasteiger partial charge in [-0.25, -0.2) is 4.39 Å². The minimum atomic E-state index is -0.537. The summed E-state index contributed by atoms with van der Waals surface area (Å²) in [6.45, 7) is 0.324. The zero-order valence-electron chi connectivity index (χ0n) is 8.65. The van der Waals surface area contributed by atoms with Gasteiger partial charge in [0.1, 0.15) is 13.2 Å². The average molecular weight is 225 g/mol. The fraction of sp³-hybridized carbons (Fsp3) is 0.364. The number of carbonyl (C=O) groups is 1. The number of hydrogen-bond acceptors (Lipinski definition) is 3. The highest BCUT2D eigenvalue weighted by Gasteiger charge is 2.20. The first-order valence-electron chi connectivity index (χ1n) is 5.01. The van der Waals surface area contributed by atoms with Crippen LogP contribution in [0.5, 0.6) is 5.75 Å². The molecule has 1 aliphatic rings. The number of hydrogen-bond donors (Lipinski definition) is 1. The first-order valence-corrected chi connectivity index (χ1v) is 5.01. The third-order valence-electron chi connectivity index (χ3n) is 2.51. The maximum atomic E-state index is 13.4. The summed E-state index contributed by atoms with van der Waals surface area (Å²) >= 11 is 0. The lowest BCUT2D eigenvalue weighted by atomic mass is 10.2. The van der Waals surface area contributed by atoms with Crippen LogP contribution in [0.2, 0.25) is 0 Å². The van der Waals surface area contributed by atoms with E-state index in [-0.39, 0.29) is 24.8 Å². The van der Waals surface area contributed by atoms with Crippen LogP contribution in [-0.4, -0.2) is 35.7 Å². The molecule has 5 heteroatoms.